The molecule has 0 saturated carbocycles. The Morgan fingerprint density at radius 3 is 2.05 bits per heavy atom. The molecule has 3 unspecified atom stereocenters. The maximum Gasteiger partial charge on any atom is 0.246 e. The van der Waals surface area contributed by atoms with E-state index in [4.69, 9.17) is 51.7 Å². The molecular weight excluding hydrogens is 980 g/mol. The normalized spacial score (nSPS) is 16.2. The summed E-state index contributed by atoms with van der Waals surface area (Å²) in [4.78, 5) is 100.0. The third-order valence-corrected chi connectivity index (χ3v) is 12.2. The van der Waals surface area contributed by atoms with Crippen LogP contribution < -0.4 is 77.4 Å². The second-order valence-corrected chi connectivity index (χ2v) is 18.4. The highest BCUT2D eigenvalue weighted by Crippen LogP contribution is 2.22. The minimum absolute atomic E-state index is 0.0470. The van der Waals surface area contributed by atoms with Gasteiger partial charge in [0.15, 0.2) is 5.96 Å². The molecule has 1 aliphatic rings. The summed E-state index contributed by atoms with van der Waals surface area (Å²) in [5, 5.41) is 40.0. The molecule has 0 spiro atoms. The number of rotatable bonds is 35. The molecule has 0 bridgehead atoms. The molecule has 2 rings (SSSR count). The molecule has 1 aromatic rings. The first kappa shape index (κ1) is 63.8. The van der Waals surface area contributed by atoms with E-state index in [0.29, 0.717) is 56.6 Å². The van der Waals surface area contributed by atoms with Gasteiger partial charge >= 0.3 is 0 Å². The van der Waals surface area contributed by atoms with Gasteiger partial charge in [0.2, 0.25) is 41.4 Å². The van der Waals surface area contributed by atoms with Gasteiger partial charge < -0.3 is 92.5 Å². The third kappa shape index (κ3) is 22.8. The minimum atomic E-state index is -1.55. The van der Waals surface area contributed by atoms with Crippen molar-refractivity contribution in [1.29, 1.82) is 0 Å². The van der Waals surface area contributed by atoms with Gasteiger partial charge in [0.25, 0.3) is 0 Å². The van der Waals surface area contributed by atoms with E-state index in [9.17, 15) is 43.8 Å². The van der Waals surface area contributed by atoms with Crippen molar-refractivity contribution in [1.82, 2.24) is 42.1 Å². The van der Waals surface area contributed by atoms with E-state index in [1.54, 1.807) is 24.3 Å². The number of hydrogen-bond acceptors (Lipinski definition) is 16. The standard InChI is InChI=1S/C48H81ClN16O9/c1-28(59-35(12-5-7-21-51)44(71)62-34(30(3)66)14-9-23-57-48(55)56)37(25-31-16-18-32(49)19-17-31)63-45(72)38-15-10-24-65(38)47(74)36(13-8-22-52)61-40(68)27-58-42(69)29(2)60-46(73)41(39(67)26-53)64-43(70)33(54)11-4-6-20-50/h14,16-19,29,33,35-39,41,59,66-67H,1,3-13,15,20-27,50-54H2,2H3,(H,58,69)(H,60,73)(H,61,68)(H,62,71)(H,63,72)(H,64,70)(H4,55,56,57)/b34-14-/t29?,33?,35-,36+,37?,38-,39-,41-/m0/s1. The lowest BCUT2D eigenvalue weighted by molar-refractivity contribution is -0.141. The first-order chi connectivity index (χ1) is 35.2. The van der Waals surface area contributed by atoms with Crippen LogP contribution in [-0.4, -0.2) is 157 Å². The summed E-state index contributed by atoms with van der Waals surface area (Å²) >= 11 is 6.18. The van der Waals surface area contributed by atoms with E-state index in [2.05, 4.69) is 55.4 Å². The minimum Gasteiger partial charge on any atom is -0.506 e. The highest BCUT2D eigenvalue weighted by molar-refractivity contribution is 6.30. The largest absolute Gasteiger partial charge is 0.506 e. The first-order valence-corrected chi connectivity index (χ1v) is 25.2. The summed E-state index contributed by atoms with van der Waals surface area (Å²) in [5.41, 5.74) is 40.5. The van der Waals surface area contributed by atoms with Gasteiger partial charge in [-0.25, -0.2) is 0 Å². The van der Waals surface area contributed by atoms with Crippen molar-refractivity contribution in [2.75, 3.05) is 45.8 Å². The van der Waals surface area contributed by atoms with Gasteiger partial charge in [0, 0.05) is 30.4 Å². The summed E-state index contributed by atoms with van der Waals surface area (Å²) < 4.78 is 0. The zero-order chi connectivity index (χ0) is 55.3. The van der Waals surface area contributed by atoms with Crippen LogP contribution in [0.15, 0.2) is 65.6 Å². The number of aliphatic hydroxyl groups is 2. The monoisotopic (exact) mass is 1060 g/mol. The van der Waals surface area contributed by atoms with Gasteiger partial charge in [0.05, 0.1) is 30.4 Å². The van der Waals surface area contributed by atoms with E-state index < -0.39 is 109 Å². The number of carbonyl (C=O) groups excluding carboxylic acids is 7. The van der Waals surface area contributed by atoms with Gasteiger partial charge in [-0.05, 0) is 115 Å². The van der Waals surface area contributed by atoms with Crippen molar-refractivity contribution in [3.8, 4) is 0 Å². The fourth-order valence-electron chi connectivity index (χ4n) is 7.72. The molecule has 26 heteroatoms. The second kappa shape index (κ2) is 34.2. The van der Waals surface area contributed by atoms with E-state index in [-0.39, 0.29) is 75.5 Å². The van der Waals surface area contributed by atoms with E-state index in [0.717, 1.165) is 5.56 Å². The Labute approximate surface area is 438 Å². The predicted molar refractivity (Wildman–Crippen MR) is 283 cm³/mol. The van der Waals surface area contributed by atoms with Crippen LogP contribution in [0.1, 0.15) is 83.1 Å². The van der Waals surface area contributed by atoms with Crippen molar-refractivity contribution in [3.05, 3.63) is 71.2 Å². The molecule has 23 N–H and O–H groups in total. The number of unbranched alkanes of at least 4 members (excludes halogenated alkanes) is 2. The molecular formula is C48H81ClN16O9. The summed E-state index contributed by atoms with van der Waals surface area (Å²) in [5.74, 6) is -5.33. The molecule has 1 saturated heterocycles. The van der Waals surface area contributed by atoms with Gasteiger partial charge in [-0.2, -0.15) is 0 Å². The van der Waals surface area contributed by atoms with Crippen molar-refractivity contribution < 1.29 is 43.8 Å². The molecule has 1 heterocycles. The predicted octanol–water partition coefficient (Wildman–Crippen LogP) is -3.20. The second-order valence-electron chi connectivity index (χ2n) is 17.9. The fraction of sp³-hybridized carbons (Fsp3) is 0.583. The maximum absolute atomic E-state index is 14.3. The van der Waals surface area contributed by atoms with E-state index >= 15 is 0 Å². The van der Waals surface area contributed by atoms with Gasteiger partial charge in [-0.3, -0.25) is 38.6 Å². The molecule has 7 amide bonds. The van der Waals surface area contributed by atoms with Gasteiger partial charge in [0.1, 0.15) is 36.0 Å². The lowest BCUT2D eigenvalue weighted by Gasteiger charge is -2.31. The van der Waals surface area contributed by atoms with Gasteiger partial charge in [-0.15, -0.1) is 0 Å². The van der Waals surface area contributed by atoms with Crippen LogP contribution in [0, 0.1) is 0 Å². The van der Waals surface area contributed by atoms with Crippen LogP contribution in [0.5, 0.6) is 0 Å². The van der Waals surface area contributed by atoms with Crippen LogP contribution >= 0.6 is 11.6 Å². The number of aliphatic hydroxyl groups excluding tert-OH is 2. The lowest BCUT2D eigenvalue weighted by Crippen LogP contribution is -2.60. The number of guanidine groups is 1. The number of nitrogens with zero attached hydrogens (tertiary/aromatic N) is 2. The number of nitrogens with one attached hydrogen (secondary N) is 7. The molecule has 0 radical (unpaired) electrons. The Balaban J connectivity index is 2.25. The van der Waals surface area contributed by atoms with E-state index in [1.807, 2.05) is 0 Å². The molecule has 74 heavy (non-hydrogen) atoms. The topological polar surface area (TPSA) is 442 Å². The number of amides is 7. The fourth-order valence-corrected chi connectivity index (χ4v) is 7.85. The smallest absolute Gasteiger partial charge is 0.246 e. The summed E-state index contributed by atoms with van der Waals surface area (Å²) in [6.45, 7) is 9.43. The van der Waals surface area contributed by atoms with Crippen molar-refractivity contribution >= 4 is 58.9 Å². The number of likely N-dealkylation sites (tertiary alicyclic amines) is 1. The van der Waals surface area contributed by atoms with Gasteiger partial charge in [-0.1, -0.05) is 49.4 Å². The van der Waals surface area contributed by atoms with Crippen LogP contribution in [0.2, 0.25) is 5.02 Å². The van der Waals surface area contributed by atoms with Crippen molar-refractivity contribution in [2.24, 2.45) is 45.1 Å². The maximum atomic E-state index is 14.3. The molecule has 1 aliphatic heterocycles. The van der Waals surface area contributed by atoms with Crippen LogP contribution in [0.4, 0.5) is 0 Å². The number of aliphatic imine (C=N–C) groups is 1. The quantitative estimate of drug-likeness (QED) is 0.0105. The third-order valence-electron chi connectivity index (χ3n) is 11.9. The Kier molecular flexibility index (Phi) is 29.5. The highest BCUT2D eigenvalue weighted by atomic mass is 35.5. The molecule has 1 fully saturated rings. The van der Waals surface area contributed by atoms with Crippen molar-refractivity contribution in [3.63, 3.8) is 0 Å². The zero-order valence-electron chi connectivity index (χ0n) is 42.4. The summed E-state index contributed by atoms with van der Waals surface area (Å²) in [7, 11) is 0. The number of nitrogens with two attached hydrogens (primary N) is 7. The molecule has 414 valence electrons. The molecule has 1 aromatic carbocycles. The number of carbonyl (C=O) groups is 7. The van der Waals surface area contributed by atoms with Crippen LogP contribution in [-0.2, 0) is 40.0 Å². The Morgan fingerprint density at radius 1 is 0.811 bits per heavy atom. The van der Waals surface area contributed by atoms with Crippen LogP contribution in [0.3, 0.4) is 0 Å². The summed E-state index contributed by atoms with van der Waals surface area (Å²) in [6.07, 6.45) is 4.52. The molecule has 25 nitrogen and oxygen atoms in total. The Morgan fingerprint density at radius 2 is 1.45 bits per heavy atom. The summed E-state index contributed by atoms with van der Waals surface area (Å²) in [6, 6.07) is -0.765. The number of halogens is 1. The Bertz CT molecular complexity index is 2090. The first-order valence-electron chi connectivity index (χ1n) is 24.8. The van der Waals surface area contributed by atoms with Crippen molar-refractivity contribution in [2.45, 2.75) is 132 Å². The number of hydrogen-bond donors (Lipinski definition) is 16. The SMILES string of the molecule is C=C(O)/C(=C/CCN=C(N)N)NC(=O)[C@H](CCCCN)NC(=C)C(Cc1ccc(Cl)cc1)NC(=O)[C@@H]1CCCN1C(=O)[C@@H](CCCN)NC(=O)CNC(=O)C(C)NC(=O)[C@@H](NC(=O)C(N)CCCCN)[C@@H](O)CN. The molecule has 0 aliphatic carbocycles. The lowest BCUT2D eigenvalue weighted by atomic mass is 10.0. The Hall–Kier alpha value is -6.35. The number of benzene rings is 1. The zero-order valence-corrected chi connectivity index (χ0v) is 43.2. The average molecular weight is 1060 g/mol. The molecule has 8 atom stereocenters. The average Bonchev–Trinajstić information content (AvgIpc) is 3.87. The van der Waals surface area contributed by atoms with Crippen LogP contribution in [0.25, 0.3) is 0 Å². The highest BCUT2D eigenvalue weighted by Gasteiger charge is 2.39. The molecule has 0 aromatic heterocycles. The van der Waals surface area contributed by atoms with E-state index in [1.165, 1.54) is 17.9 Å².